The van der Waals surface area contributed by atoms with Crippen LogP contribution in [0.15, 0.2) is 0 Å². The van der Waals surface area contributed by atoms with Crippen LogP contribution in [-0.4, -0.2) is 54.0 Å². The van der Waals surface area contributed by atoms with Crippen LogP contribution in [0.1, 0.15) is 39.0 Å². The average molecular weight is 312 g/mol. The van der Waals surface area contributed by atoms with Gasteiger partial charge in [0, 0.05) is 19.1 Å². The van der Waals surface area contributed by atoms with Crippen LogP contribution in [0.25, 0.3) is 0 Å². The molecule has 0 saturated carbocycles. The summed E-state index contributed by atoms with van der Waals surface area (Å²) in [6.07, 6.45) is 6.28. The average Bonchev–Trinajstić information content (AvgIpc) is 2.77. The fourth-order valence-electron chi connectivity index (χ4n) is 3.02. The van der Waals surface area contributed by atoms with Gasteiger partial charge < -0.3 is 15.5 Å². The maximum Gasteiger partial charge on any atom is 0.239 e. The molecule has 2 N–H and O–H groups in total. The van der Waals surface area contributed by atoms with Crippen LogP contribution in [0.4, 0.5) is 0 Å². The van der Waals surface area contributed by atoms with E-state index in [-0.39, 0.29) is 36.8 Å². The summed E-state index contributed by atoms with van der Waals surface area (Å²) < 4.78 is 0. The summed E-state index contributed by atoms with van der Waals surface area (Å²) in [6, 6.07) is 0.0588. The third-order valence-corrected chi connectivity index (χ3v) is 3.97. The maximum atomic E-state index is 12.0. The van der Waals surface area contributed by atoms with Gasteiger partial charge in [0.1, 0.15) is 0 Å². The van der Waals surface area contributed by atoms with E-state index >= 15 is 0 Å². The van der Waals surface area contributed by atoms with Crippen molar-refractivity contribution in [1.82, 2.24) is 9.80 Å². The minimum atomic E-state index is -0.350. The van der Waals surface area contributed by atoms with Crippen LogP contribution in [0.2, 0.25) is 0 Å². The Morgan fingerprint density at radius 1 is 1.16 bits per heavy atom. The van der Waals surface area contributed by atoms with Gasteiger partial charge in [0.05, 0.1) is 6.04 Å². The van der Waals surface area contributed by atoms with Gasteiger partial charge in [-0.05, 0) is 45.7 Å². The van der Waals surface area contributed by atoms with E-state index in [1.54, 1.807) is 6.92 Å². The molecular formula is C13H27Cl2N3O. The standard InChI is InChI=1S/C13H25N3O.2ClH/c1-11(14)13(17)16-9-5-6-12(16)10-15-7-3-2-4-8-15;;/h11-12H,2-10,14H2,1H3;2*1H/t11-,12?;;/m1../s1. The lowest BCUT2D eigenvalue weighted by Crippen LogP contribution is -2.49. The van der Waals surface area contributed by atoms with Crippen LogP contribution in [0, 0.1) is 0 Å². The highest BCUT2D eigenvalue weighted by Gasteiger charge is 2.31. The summed E-state index contributed by atoms with van der Waals surface area (Å²) in [7, 11) is 0. The number of hydrogen-bond acceptors (Lipinski definition) is 3. The zero-order valence-electron chi connectivity index (χ0n) is 11.7. The highest BCUT2D eigenvalue weighted by atomic mass is 35.5. The fraction of sp³-hybridized carbons (Fsp3) is 0.923. The molecule has 2 fully saturated rings. The van der Waals surface area contributed by atoms with E-state index in [0.29, 0.717) is 6.04 Å². The Hall–Kier alpha value is -0.0300. The molecule has 114 valence electrons. The summed E-state index contributed by atoms with van der Waals surface area (Å²) in [5.74, 6) is 0.129. The number of nitrogens with zero attached hydrogens (tertiary/aromatic N) is 2. The first-order valence-electron chi connectivity index (χ1n) is 6.97. The normalized spacial score (nSPS) is 25.4. The first kappa shape index (κ1) is 19.0. The Morgan fingerprint density at radius 2 is 1.79 bits per heavy atom. The van der Waals surface area contributed by atoms with E-state index in [1.165, 1.54) is 32.4 Å². The molecule has 0 aromatic heterocycles. The van der Waals surface area contributed by atoms with Gasteiger partial charge in [-0.25, -0.2) is 0 Å². The van der Waals surface area contributed by atoms with Crippen molar-refractivity contribution < 1.29 is 4.79 Å². The first-order valence-corrected chi connectivity index (χ1v) is 6.97. The molecule has 2 heterocycles. The van der Waals surface area contributed by atoms with Crippen LogP contribution in [-0.2, 0) is 4.79 Å². The predicted molar refractivity (Wildman–Crippen MR) is 83.2 cm³/mol. The Labute approximate surface area is 128 Å². The molecule has 4 nitrogen and oxygen atoms in total. The molecule has 2 rings (SSSR count). The van der Waals surface area contributed by atoms with Crippen LogP contribution < -0.4 is 5.73 Å². The second-order valence-corrected chi connectivity index (χ2v) is 5.48. The van der Waals surface area contributed by atoms with Gasteiger partial charge in [-0.1, -0.05) is 6.42 Å². The number of amides is 1. The van der Waals surface area contributed by atoms with Gasteiger partial charge in [-0.2, -0.15) is 0 Å². The molecule has 1 unspecified atom stereocenters. The number of carbonyl (C=O) groups excluding carboxylic acids is 1. The number of piperidine rings is 1. The van der Waals surface area contributed by atoms with E-state index in [2.05, 4.69) is 4.90 Å². The highest BCUT2D eigenvalue weighted by Crippen LogP contribution is 2.20. The minimum absolute atomic E-state index is 0. The fourth-order valence-corrected chi connectivity index (χ4v) is 3.02. The smallest absolute Gasteiger partial charge is 0.239 e. The Balaban J connectivity index is 0.00000162. The molecule has 2 atom stereocenters. The SMILES string of the molecule is C[C@@H](N)C(=O)N1CCCC1CN1CCCCC1.Cl.Cl. The molecule has 1 amide bonds. The number of carbonyl (C=O) groups is 1. The molecule has 0 aliphatic carbocycles. The molecule has 0 bridgehead atoms. The Bertz CT molecular complexity index is 271. The summed E-state index contributed by atoms with van der Waals surface area (Å²) in [6.45, 7) is 6.16. The minimum Gasteiger partial charge on any atom is -0.337 e. The van der Waals surface area contributed by atoms with Crippen LogP contribution in [0.3, 0.4) is 0 Å². The van der Waals surface area contributed by atoms with Gasteiger partial charge in [0.2, 0.25) is 5.91 Å². The number of hydrogen-bond donors (Lipinski definition) is 1. The van der Waals surface area contributed by atoms with Crippen molar-refractivity contribution in [2.24, 2.45) is 5.73 Å². The summed E-state index contributed by atoms with van der Waals surface area (Å²) >= 11 is 0. The second-order valence-electron chi connectivity index (χ2n) is 5.48. The molecule has 0 aromatic rings. The summed E-state index contributed by atoms with van der Waals surface area (Å²) in [5.41, 5.74) is 5.71. The monoisotopic (exact) mass is 311 g/mol. The van der Waals surface area contributed by atoms with E-state index in [9.17, 15) is 4.79 Å². The lowest BCUT2D eigenvalue weighted by Gasteiger charge is -2.33. The summed E-state index contributed by atoms with van der Waals surface area (Å²) in [4.78, 5) is 16.5. The molecular weight excluding hydrogens is 285 g/mol. The van der Waals surface area contributed by atoms with E-state index in [0.717, 1.165) is 25.9 Å². The number of nitrogens with two attached hydrogens (primary N) is 1. The van der Waals surface area contributed by atoms with E-state index in [1.807, 2.05) is 4.90 Å². The topological polar surface area (TPSA) is 49.6 Å². The van der Waals surface area contributed by atoms with Gasteiger partial charge in [0.25, 0.3) is 0 Å². The largest absolute Gasteiger partial charge is 0.337 e. The second kappa shape index (κ2) is 9.01. The lowest BCUT2D eigenvalue weighted by molar-refractivity contribution is -0.133. The van der Waals surface area contributed by atoms with Crippen molar-refractivity contribution in [2.75, 3.05) is 26.2 Å². The van der Waals surface area contributed by atoms with Crippen molar-refractivity contribution in [3.05, 3.63) is 0 Å². The lowest BCUT2D eigenvalue weighted by atomic mass is 10.1. The third-order valence-electron chi connectivity index (χ3n) is 3.97. The van der Waals surface area contributed by atoms with Crippen molar-refractivity contribution in [3.63, 3.8) is 0 Å². The number of likely N-dealkylation sites (tertiary alicyclic amines) is 2. The molecule has 6 heteroatoms. The Kier molecular flexibility index (Phi) is 8.99. The zero-order chi connectivity index (χ0) is 12.3. The van der Waals surface area contributed by atoms with Gasteiger partial charge in [-0.3, -0.25) is 4.79 Å². The number of rotatable bonds is 3. The quantitative estimate of drug-likeness (QED) is 0.862. The predicted octanol–water partition coefficient (Wildman–Crippen LogP) is 1.65. The molecule has 0 spiro atoms. The van der Waals surface area contributed by atoms with Gasteiger partial charge >= 0.3 is 0 Å². The Morgan fingerprint density at radius 3 is 2.37 bits per heavy atom. The van der Waals surface area contributed by atoms with E-state index < -0.39 is 0 Å². The number of halogens is 2. The van der Waals surface area contributed by atoms with Gasteiger partial charge in [-0.15, -0.1) is 24.8 Å². The molecule has 0 radical (unpaired) electrons. The summed E-state index contributed by atoms with van der Waals surface area (Å²) in [5, 5.41) is 0. The highest BCUT2D eigenvalue weighted by molar-refractivity contribution is 5.85. The van der Waals surface area contributed by atoms with Crippen LogP contribution >= 0.6 is 24.8 Å². The van der Waals surface area contributed by atoms with Crippen LogP contribution in [0.5, 0.6) is 0 Å². The molecule has 2 aliphatic rings. The van der Waals surface area contributed by atoms with Crippen molar-refractivity contribution in [1.29, 1.82) is 0 Å². The molecule has 0 aromatic carbocycles. The van der Waals surface area contributed by atoms with Gasteiger partial charge in [0.15, 0.2) is 0 Å². The van der Waals surface area contributed by atoms with Crippen molar-refractivity contribution in [2.45, 2.75) is 51.1 Å². The van der Waals surface area contributed by atoms with E-state index in [4.69, 9.17) is 5.73 Å². The van der Waals surface area contributed by atoms with Crippen molar-refractivity contribution >= 4 is 30.7 Å². The maximum absolute atomic E-state index is 12.0. The third kappa shape index (κ3) is 5.10. The zero-order valence-corrected chi connectivity index (χ0v) is 13.3. The first-order chi connectivity index (χ1) is 8.18. The molecule has 19 heavy (non-hydrogen) atoms. The molecule has 2 aliphatic heterocycles. The molecule has 2 saturated heterocycles. The van der Waals surface area contributed by atoms with Crippen molar-refractivity contribution in [3.8, 4) is 0 Å².